The normalized spacial score (nSPS) is 11.5. The monoisotopic (exact) mass is 292 g/mol. The van der Waals surface area contributed by atoms with E-state index in [9.17, 15) is 10.1 Å². The zero-order valence-electron chi connectivity index (χ0n) is 12.5. The molecular formula is C13H20N6O2. The first-order valence-electron chi connectivity index (χ1n) is 6.92. The molecule has 0 aliphatic rings. The standard InChI is InChI=1S/C13H20N6O2/c1-4-6-15-12-11(19(20)21)13(17-9-16-12)18(5-2)8-10(3)7-14/h9-10H,4-6,8H2,1-3H3,(H,15,16,17). The fraction of sp³-hybridized carbons (Fsp3) is 0.615. The third-order valence-corrected chi connectivity index (χ3v) is 2.92. The van der Waals surface area contributed by atoms with Gasteiger partial charge in [0.2, 0.25) is 11.6 Å². The Morgan fingerprint density at radius 1 is 1.52 bits per heavy atom. The summed E-state index contributed by atoms with van der Waals surface area (Å²) in [5.41, 5.74) is -0.141. The number of hydrogen-bond acceptors (Lipinski definition) is 7. The molecule has 114 valence electrons. The van der Waals surface area contributed by atoms with Crippen molar-refractivity contribution in [1.29, 1.82) is 5.26 Å². The van der Waals surface area contributed by atoms with E-state index < -0.39 is 4.92 Å². The van der Waals surface area contributed by atoms with E-state index in [2.05, 4.69) is 21.4 Å². The van der Waals surface area contributed by atoms with Crippen LogP contribution in [0.1, 0.15) is 27.2 Å². The lowest BCUT2D eigenvalue weighted by Crippen LogP contribution is -2.29. The van der Waals surface area contributed by atoms with Gasteiger partial charge in [-0.25, -0.2) is 9.97 Å². The zero-order valence-corrected chi connectivity index (χ0v) is 12.5. The van der Waals surface area contributed by atoms with Crippen LogP contribution in [0.25, 0.3) is 0 Å². The average molecular weight is 292 g/mol. The maximum Gasteiger partial charge on any atom is 0.353 e. The summed E-state index contributed by atoms with van der Waals surface area (Å²) >= 11 is 0. The van der Waals surface area contributed by atoms with Gasteiger partial charge in [0, 0.05) is 19.6 Å². The molecule has 0 aliphatic heterocycles. The molecule has 0 amide bonds. The lowest BCUT2D eigenvalue weighted by atomic mass is 10.2. The van der Waals surface area contributed by atoms with Crippen LogP contribution in [-0.4, -0.2) is 34.5 Å². The lowest BCUT2D eigenvalue weighted by molar-refractivity contribution is -0.383. The van der Waals surface area contributed by atoms with Gasteiger partial charge < -0.3 is 10.2 Å². The first-order valence-corrected chi connectivity index (χ1v) is 6.92. The van der Waals surface area contributed by atoms with Crippen LogP contribution in [0.2, 0.25) is 0 Å². The van der Waals surface area contributed by atoms with Gasteiger partial charge >= 0.3 is 5.69 Å². The van der Waals surface area contributed by atoms with Crippen molar-refractivity contribution in [3.63, 3.8) is 0 Å². The maximum absolute atomic E-state index is 11.4. The van der Waals surface area contributed by atoms with Crippen molar-refractivity contribution in [2.75, 3.05) is 29.9 Å². The summed E-state index contributed by atoms with van der Waals surface area (Å²) in [6, 6.07) is 2.13. The minimum absolute atomic E-state index is 0.141. The van der Waals surface area contributed by atoms with Crippen molar-refractivity contribution in [2.24, 2.45) is 5.92 Å². The summed E-state index contributed by atoms with van der Waals surface area (Å²) in [5, 5.41) is 23.2. The molecule has 1 unspecified atom stereocenters. The minimum atomic E-state index is -0.479. The Morgan fingerprint density at radius 3 is 2.76 bits per heavy atom. The molecule has 0 saturated heterocycles. The Balaban J connectivity index is 3.20. The van der Waals surface area contributed by atoms with Crippen molar-refractivity contribution in [3.8, 4) is 6.07 Å². The largest absolute Gasteiger partial charge is 0.364 e. The molecule has 0 fully saturated rings. The molecular weight excluding hydrogens is 272 g/mol. The van der Waals surface area contributed by atoms with Crippen LogP contribution in [-0.2, 0) is 0 Å². The number of aromatic nitrogens is 2. The Hall–Kier alpha value is -2.43. The third-order valence-electron chi connectivity index (χ3n) is 2.92. The second kappa shape index (κ2) is 7.99. The fourth-order valence-corrected chi connectivity index (χ4v) is 1.88. The summed E-state index contributed by atoms with van der Waals surface area (Å²) in [4.78, 5) is 20.6. The highest BCUT2D eigenvalue weighted by molar-refractivity contribution is 5.70. The molecule has 0 radical (unpaired) electrons. The van der Waals surface area contributed by atoms with Gasteiger partial charge in [-0.15, -0.1) is 0 Å². The number of anilines is 2. The molecule has 8 nitrogen and oxygen atoms in total. The predicted octanol–water partition coefficient (Wildman–Crippen LogP) is 2.19. The van der Waals surface area contributed by atoms with Gasteiger partial charge in [0.05, 0.1) is 16.9 Å². The molecule has 8 heteroatoms. The minimum Gasteiger partial charge on any atom is -0.364 e. The lowest BCUT2D eigenvalue weighted by Gasteiger charge is -2.23. The number of hydrogen-bond donors (Lipinski definition) is 1. The van der Waals surface area contributed by atoms with E-state index in [4.69, 9.17) is 5.26 Å². The number of nitro groups is 1. The second-order valence-electron chi connectivity index (χ2n) is 4.65. The van der Waals surface area contributed by atoms with E-state index in [1.165, 1.54) is 6.33 Å². The van der Waals surface area contributed by atoms with Gasteiger partial charge in [-0.3, -0.25) is 10.1 Å². The molecule has 21 heavy (non-hydrogen) atoms. The van der Waals surface area contributed by atoms with Gasteiger partial charge in [-0.2, -0.15) is 5.26 Å². The van der Waals surface area contributed by atoms with Crippen LogP contribution in [0.4, 0.5) is 17.3 Å². The molecule has 0 aromatic carbocycles. The van der Waals surface area contributed by atoms with Crippen LogP contribution in [0.5, 0.6) is 0 Å². The van der Waals surface area contributed by atoms with Crippen LogP contribution in [0.3, 0.4) is 0 Å². The van der Waals surface area contributed by atoms with Crippen LogP contribution < -0.4 is 10.2 Å². The van der Waals surface area contributed by atoms with Crippen LogP contribution >= 0.6 is 0 Å². The van der Waals surface area contributed by atoms with Gasteiger partial charge in [-0.05, 0) is 20.3 Å². The topological polar surface area (TPSA) is 108 Å². The Labute approximate surface area is 124 Å². The number of nitrogens with one attached hydrogen (secondary N) is 1. The molecule has 1 atom stereocenters. The van der Waals surface area contributed by atoms with E-state index in [-0.39, 0.29) is 23.2 Å². The summed E-state index contributed by atoms with van der Waals surface area (Å²) in [6.07, 6.45) is 2.14. The number of rotatable bonds is 8. The summed E-state index contributed by atoms with van der Waals surface area (Å²) in [6.45, 7) is 7.11. The number of nitrogens with zero attached hydrogens (tertiary/aromatic N) is 5. The van der Waals surface area contributed by atoms with Gasteiger partial charge in [0.15, 0.2) is 0 Å². The summed E-state index contributed by atoms with van der Waals surface area (Å²) in [5.74, 6) is 0.222. The SMILES string of the molecule is CCCNc1ncnc(N(CC)CC(C)C#N)c1[N+](=O)[O-]. The molecule has 0 bridgehead atoms. The summed E-state index contributed by atoms with van der Waals surface area (Å²) in [7, 11) is 0. The van der Waals surface area contributed by atoms with Gasteiger partial charge in [0.25, 0.3) is 0 Å². The van der Waals surface area contributed by atoms with E-state index in [1.54, 1.807) is 11.8 Å². The van der Waals surface area contributed by atoms with Crippen LogP contribution in [0.15, 0.2) is 6.33 Å². The van der Waals surface area contributed by atoms with E-state index in [1.807, 2.05) is 13.8 Å². The average Bonchev–Trinajstić information content (AvgIpc) is 2.49. The van der Waals surface area contributed by atoms with Gasteiger partial charge in [-0.1, -0.05) is 6.92 Å². The molecule has 1 N–H and O–H groups in total. The summed E-state index contributed by atoms with van der Waals surface area (Å²) < 4.78 is 0. The highest BCUT2D eigenvalue weighted by Crippen LogP contribution is 2.31. The van der Waals surface area contributed by atoms with Crippen molar-refractivity contribution >= 4 is 17.3 Å². The quantitative estimate of drug-likeness (QED) is 0.577. The smallest absolute Gasteiger partial charge is 0.353 e. The van der Waals surface area contributed by atoms with Crippen molar-refractivity contribution < 1.29 is 4.92 Å². The van der Waals surface area contributed by atoms with Crippen molar-refractivity contribution in [3.05, 3.63) is 16.4 Å². The highest BCUT2D eigenvalue weighted by atomic mass is 16.6. The van der Waals surface area contributed by atoms with E-state index in [0.29, 0.717) is 19.6 Å². The van der Waals surface area contributed by atoms with E-state index >= 15 is 0 Å². The molecule has 1 rings (SSSR count). The molecule has 0 aliphatic carbocycles. The first-order chi connectivity index (χ1) is 10.0. The molecule has 0 spiro atoms. The van der Waals surface area contributed by atoms with Gasteiger partial charge in [0.1, 0.15) is 6.33 Å². The Kier molecular flexibility index (Phi) is 6.33. The molecule has 1 heterocycles. The fourth-order valence-electron chi connectivity index (χ4n) is 1.88. The second-order valence-corrected chi connectivity index (χ2v) is 4.65. The molecule has 0 saturated carbocycles. The van der Waals surface area contributed by atoms with E-state index in [0.717, 1.165) is 6.42 Å². The van der Waals surface area contributed by atoms with Crippen molar-refractivity contribution in [2.45, 2.75) is 27.2 Å². The third kappa shape index (κ3) is 4.27. The van der Waals surface area contributed by atoms with Crippen LogP contribution in [0, 0.1) is 27.4 Å². The predicted molar refractivity (Wildman–Crippen MR) is 80.1 cm³/mol. The highest BCUT2D eigenvalue weighted by Gasteiger charge is 2.26. The Bertz CT molecular complexity index is 528. The number of nitriles is 1. The first kappa shape index (κ1) is 16.6. The van der Waals surface area contributed by atoms with Crippen molar-refractivity contribution in [1.82, 2.24) is 9.97 Å². The Morgan fingerprint density at radius 2 is 2.24 bits per heavy atom. The molecule has 1 aromatic rings. The molecule has 1 aromatic heterocycles. The zero-order chi connectivity index (χ0) is 15.8. The maximum atomic E-state index is 11.4.